The van der Waals surface area contributed by atoms with Gasteiger partial charge in [0.25, 0.3) is 15.9 Å². The molecule has 0 aliphatic carbocycles. The Morgan fingerprint density at radius 1 is 0.929 bits per heavy atom. The molecule has 0 heterocycles. The number of nitrogens with one attached hydrogen (secondary N) is 1. The summed E-state index contributed by atoms with van der Waals surface area (Å²) in [4.78, 5) is 25.6. The van der Waals surface area contributed by atoms with Crippen LogP contribution in [0.3, 0.4) is 0 Å². The first-order chi connectivity index (χ1) is 19.9. The number of carbonyl (C=O) groups is 2. The van der Waals surface area contributed by atoms with Crippen LogP contribution >= 0.6 is 11.8 Å². The van der Waals surface area contributed by atoms with Crippen molar-refractivity contribution in [3.05, 3.63) is 78.4 Å². The number of benzene rings is 3. The van der Waals surface area contributed by atoms with E-state index in [0.29, 0.717) is 29.4 Å². The number of hydrogen-bond acceptors (Lipinski definition) is 9. The summed E-state index contributed by atoms with van der Waals surface area (Å²) >= 11 is 1.49. The number of esters is 1. The van der Waals surface area contributed by atoms with Gasteiger partial charge in [-0.2, -0.15) is 5.10 Å². The summed E-state index contributed by atoms with van der Waals surface area (Å²) in [6.45, 7) is 6.91. The monoisotopic (exact) mass is 613 g/mol. The van der Waals surface area contributed by atoms with Crippen molar-refractivity contribution in [1.29, 1.82) is 0 Å². The molecule has 1 N–H and O–H groups in total. The van der Waals surface area contributed by atoms with E-state index in [1.165, 1.54) is 30.1 Å². The minimum atomic E-state index is -4.08. The fourth-order valence-corrected chi connectivity index (χ4v) is 5.40. The van der Waals surface area contributed by atoms with E-state index in [1.807, 2.05) is 13.2 Å². The number of sulfonamides is 1. The van der Waals surface area contributed by atoms with Gasteiger partial charge in [-0.3, -0.25) is 9.10 Å². The van der Waals surface area contributed by atoms with Gasteiger partial charge in [0.2, 0.25) is 0 Å². The Morgan fingerprint density at radius 3 is 2.10 bits per heavy atom. The summed E-state index contributed by atoms with van der Waals surface area (Å²) < 4.78 is 44.3. The van der Waals surface area contributed by atoms with Crippen LogP contribution in [0.5, 0.6) is 11.5 Å². The summed E-state index contributed by atoms with van der Waals surface area (Å²) in [5.41, 5.74) is 2.73. The number of amides is 1. The van der Waals surface area contributed by atoms with E-state index in [1.54, 1.807) is 81.4 Å². The number of ether oxygens (including phenoxy) is 3. The molecule has 0 aliphatic heterocycles. The third-order valence-electron chi connectivity index (χ3n) is 5.43. The molecule has 0 unspecified atom stereocenters. The second-order valence-electron chi connectivity index (χ2n) is 9.85. The maximum atomic E-state index is 13.6. The smallest absolute Gasteiger partial charge is 0.344 e. The number of anilines is 1. The normalized spacial score (nSPS) is 11.6. The van der Waals surface area contributed by atoms with Crippen LogP contribution in [0.25, 0.3) is 0 Å². The number of hydrazone groups is 1. The van der Waals surface area contributed by atoms with E-state index in [0.717, 1.165) is 9.20 Å². The third kappa shape index (κ3) is 9.81. The lowest BCUT2D eigenvalue weighted by Crippen LogP contribution is -2.39. The van der Waals surface area contributed by atoms with Gasteiger partial charge in [-0.25, -0.2) is 18.6 Å². The van der Waals surface area contributed by atoms with E-state index in [2.05, 4.69) is 10.5 Å². The van der Waals surface area contributed by atoms with Gasteiger partial charge >= 0.3 is 5.97 Å². The average molecular weight is 614 g/mol. The molecular weight excluding hydrogens is 578 g/mol. The molecule has 0 aromatic heterocycles. The van der Waals surface area contributed by atoms with Crippen LogP contribution < -0.4 is 19.2 Å². The minimum absolute atomic E-state index is 0.0551. The zero-order chi connectivity index (χ0) is 30.8. The quantitative estimate of drug-likeness (QED) is 0.125. The van der Waals surface area contributed by atoms with Gasteiger partial charge in [0.1, 0.15) is 23.6 Å². The Balaban J connectivity index is 1.68. The molecule has 0 bridgehead atoms. The maximum Gasteiger partial charge on any atom is 0.344 e. The molecule has 42 heavy (non-hydrogen) atoms. The fourth-order valence-electron chi connectivity index (χ4n) is 3.57. The van der Waals surface area contributed by atoms with Gasteiger partial charge in [-0.1, -0.05) is 0 Å². The highest BCUT2D eigenvalue weighted by atomic mass is 32.2. The van der Waals surface area contributed by atoms with E-state index < -0.39 is 34.0 Å². The molecule has 1 amide bonds. The van der Waals surface area contributed by atoms with Crippen LogP contribution in [-0.4, -0.2) is 58.1 Å². The third-order valence-corrected chi connectivity index (χ3v) is 7.96. The number of nitrogens with zero attached hydrogens (tertiary/aromatic N) is 2. The summed E-state index contributed by atoms with van der Waals surface area (Å²) in [6.07, 6.45) is 3.31. The van der Waals surface area contributed by atoms with Gasteiger partial charge in [-0.15, -0.1) is 11.8 Å². The number of hydrogen-bond donors (Lipinski definition) is 1. The van der Waals surface area contributed by atoms with E-state index in [4.69, 9.17) is 14.2 Å². The van der Waals surface area contributed by atoms with Gasteiger partial charge in [0.05, 0.1) is 23.4 Å². The molecule has 10 nitrogen and oxygen atoms in total. The van der Waals surface area contributed by atoms with Crippen molar-refractivity contribution in [3.63, 3.8) is 0 Å². The summed E-state index contributed by atoms with van der Waals surface area (Å²) in [5.74, 6) is -0.0714. The van der Waals surface area contributed by atoms with Gasteiger partial charge < -0.3 is 14.2 Å². The highest BCUT2D eigenvalue weighted by molar-refractivity contribution is 7.98. The Bertz CT molecular complexity index is 1470. The van der Waals surface area contributed by atoms with Crippen LogP contribution in [0.2, 0.25) is 0 Å². The van der Waals surface area contributed by atoms with E-state index >= 15 is 0 Å². The van der Waals surface area contributed by atoms with Crippen LogP contribution in [0.1, 0.15) is 33.3 Å². The first-order valence-corrected chi connectivity index (χ1v) is 15.7. The standard InChI is InChI=1S/C30H35N3O7S2/c1-6-38-24-13-9-23(10-14-24)33(42(36,37)27-17-15-26(41-5)16-18-27)20-28(34)32-31-19-22-7-11-25(12-8-22)39-21-29(35)40-30(2,3)4/h7-19H,6,20-21H2,1-5H3,(H,32,34)/b31-19+. The number of rotatable bonds is 13. The summed E-state index contributed by atoms with van der Waals surface area (Å²) in [6, 6.07) is 19.6. The summed E-state index contributed by atoms with van der Waals surface area (Å²) in [5, 5.41) is 3.96. The molecule has 0 saturated carbocycles. The molecule has 3 aromatic carbocycles. The highest BCUT2D eigenvalue weighted by Gasteiger charge is 2.27. The Labute approximate surface area is 251 Å². The molecular formula is C30H35N3O7S2. The van der Waals surface area contributed by atoms with Crippen LogP contribution in [0.4, 0.5) is 5.69 Å². The Morgan fingerprint density at radius 2 is 1.52 bits per heavy atom. The Hall–Kier alpha value is -4.03. The first kappa shape index (κ1) is 32.5. The first-order valence-electron chi connectivity index (χ1n) is 13.1. The average Bonchev–Trinajstić information content (AvgIpc) is 2.95. The lowest BCUT2D eigenvalue weighted by Gasteiger charge is -2.24. The van der Waals surface area contributed by atoms with E-state index in [9.17, 15) is 18.0 Å². The zero-order valence-electron chi connectivity index (χ0n) is 24.2. The van der Waals surface area contributed by atoms with Crippen molar-refractivity contribution in [3.8, 4) is 11.5 Å². The van der Waals surface area contributed by atoms with Crippen molar-refractivity contribution >= 4 is 45.6 Å². The molecule has 0 spiro atoms. The lowest BCUT2D eigenvalue weighted by atomic mass is 10.2. The summed E-state index contributed by atoms with van der Waals surface area (Å²) in [7, 11) is -4.08. The van der Waals surface area contributed by atoms with Crippen LogP contribution in [0, 0.1) is 0 Å². The van der Waals surface area contributed by atoms with Crippen LogP contribution in [-0.2, 0) is 24.3 Å². The molecule has 3 rings (SSSR count). The molecule has 12 heteroatoms. The topological polar surface area (TPSA) is 124 Å². The molecule has 0 fully saturated rings. The largest absolute Gasteiger partial charge is 0.494 e. The lowest BCUT2D eigenvalue weighted by molar-refractivity contribution is -0.157. The molecule has 0 saturated heterocycles. The van der Waals surface area contributed by atoms with Gasteiger partial charge in [-0.05, 0) is 112 Å². The maximum absolute atomic E-state index is 13.6. The van der Waals surface area contributed by atoms with Crippen molar-refractivity contribution in [2.45, 2.75) is 43.1 Å². The SMILES string of the molecule is CCOc1ccc(N(CC(=O)N/N=C/c2ccc(OCC(=O)OC(C)(C)C)cc2)S(=O)(=O)c2ccc(SC)cc2)cc1. The molecule has 3 aromatic rings. The highest BCUT2D eigenvalue weighted by Crippen LogP contribution is 2.27. The molecule has 0 atom stereocenters. The zero-order valence-corrected chi connectivity index (χ0v) is 25.8. The van der Waals surface area contributed by atoms with Gasteiger partial charge in [0, 0.05) is 4.90 Å². The molecule has 224 valence electrons. The molecule has 0 aliphatic rings. The fraction of sp³-hybridized carbons (Fsp3) is 0.300. The number of carbonyl (C=O) groups excluding carboxylic acids is 2. The van der Waals surface area contributed by atoms with Gasteiger partial charge in [0.15, 0.2) is 6.61 Å². The van der Waals surface area contributed by atoms with Crippen molar-refractivity contribution in [2.24, 2.45) is 5.10 Å². The molecule has 0 radical (unpaired) electrons. The predicted octanol–water partition coefficient (Wildman–Crippen LogP) is 4.87. The van der Waals surface area contributed by atoms with Crippen LogP contribution in [0.15, 0.2) is 87.7 Å². The predicted molar refractivity (Wildman–Crippen MR) is 164 cm³/mol. The van der Waals surface area contributed by atoms with Crippen molar-refractivity contribution in [1.82, 2.24) is 5.43 Å². The Kier molecular flexibility index (Phi) is 11.4. The second-order valence-corrected chi connectivity index (χ2v) is 12.6. The number of thioether (sulfide) groups is 1. The van der Waals surface area contributed by atoms with Crippen molar-refractivity contribution < 1.29 is 32.2 Å². The van der Waals surface area contributed by atoms with E-state index in [-0.39, 0.29) is 11.5 Å². The second kappa shape index (κ2) is 14.7. The van der Waals surface area contributed by atoms with Crippen molar-refractivity contribution in [2.75, 3.05) is 30.3 Å². The minimum Gasteiger partial charge on any atom is -0.494 e.